The van der Waals surface area contributed by atoms with Gasteiger partial charge in [-0.3, -0.25) is 9.97 Å². The highest BCUT2D eigenvalue weighted by Crippen LogP contribution is 2.18. The molecule has 14 heavy (non-hydrogen) atoms. The van der Waals surface area contributed by atoms with Gasteiger partial charge in [-0.05, 0) is 18.4 Å². The Balaban J connectivity index is 2.07. The van der Waals surface area contributed by atoms with Gasteiger partial charge in [0, 0.05) is 23.5 Å². The van der Waals surface area contributed by atoms with E-state index in [2.05, 4.69) is 33.7 Å². The van der Waals surface area contributed by atoms with Crippen LogP contribution in [0.4, 0.5) is 5.69 Å². The van der Waals surface area contributed by atoms with E-state index in [-0.39, 0.29) is 6.04 Å². The summed E-state index contributed by atoms with van der Waals surface area (Å²) in [5.41, 5.74) is 2.09. The summed E-state index contributed by atoms with van der Waals surface area (Å²) in [6.07, 6.45) is 5.17. The molecule has 2 aromatic heterocycles. The molecule has 0 radical (unpaired) electrons. The van der Waals surface area contributed by atoms with E-state index in [1.807, 2.05) is 5.38 Å². The number of nitrogens with zero attached hydrogens (tertiary/aromatic N) is 2. The van der Waals surface area contributed by atoms with Crippen molar-refractivity contribution in [3.8, 4) is 0 Å². The summed E-state index contributed by atoms with van der Waals surface area (Å²) in [5.74, 6) is 0. The fourth-order valence-electron chi connectivity index (χ4n) is 1.20. The van der Waals surface area contributed by atoms with Crippen molar-refractivity contribution in [1.82, 2.24) is 9.97 Å². The Labute approximate surface area is 86.8 Å². The number of hydrogen-bond acceptors (Lipinski definition) is 4. The summed E-state index contributed by atoms with van der Waals surface area (Å²) in [6, 6.07) is 2.25. The molecule has 2 heterocycles. The summed E-state index contributed by atoms with van der Waals surface area (Å²) in [6.45, 7) is 2.07. The lowest BCUT2D eigenvalue weighted by molar-refractivity contribution is 0.828. The summed E-state index contributed by atoms with van der Waals surface area (Å²) >= 11 is 1.68. The molecule has 4 heteroatoms. The van der Waals surface area contributed by atoms with Gasteiger partial charge in [0.25, 0.3) is 0 Å². The molecule has 0 aromatic carbocycles. The van der Waals surface area contributed by atoms with Crippen LogP contribution in [0.2, 0.25) is 0 Å². The first-order chi connectivity index (χ1) is 6.86. The van der Waals surface area contributed by atoms with Crippen LogP contribution in [0, 0.1) is 0 Å². The van der Waals surface area contributed by atoms with Crippen molar-refractivity contribution < 1.29 is 0 Å². The van der Waals surface area contributed by atoms with E-state index >= 15 is 0 Å². The van der Waals surface area contributed by atoms with Crippen molar-refractivity contribution in [1.29, 1.82) is 0 Å². The standard InChI is InChI=1S/C10H11N3S/c1-8(10-6-11-3-4-12-10)13-9-2-5-14-7-9/h2-8,13H,1H3. The van der Waals surface area contributed by atoms with Crippen molar-refractivity contribution >= 4 is 17.0 Å². The minimum atomic E-state index is 0.193. The molecule has 0 aliphatic heterocycles. The van der Waals surface area contributed by atoms with Gasteiger partial charge in [-0.25, -0.2) is 0 Å². The maximum absolute atomic E-state index is 4.24. The molecule has 0 fully saturated rings. The summed E-state index contributed by atoms with van der Waals surface area (Å²) in [7, 11) is 0. The molecule has 1 unspecified atom stereocenters. The predicted molar refractivity (Wildman–Crippen MR) is 58.4 cm³/mol. The van der Waals surface area contributed by atoms with E-state index < -0.39 is 0 Å². The first kappa shape index (κ1) is 9.15. The average molecular weight is 205 g/mol. The van der Waals surface area contributed by atoms with Crippen LogP contribution < -0.4 is 5.32 Å². The average Bonchev–Trinajstić information content (AvgIpc) is 2.72. The Morgan fingerprint density at radius 2 is 2.36 bits per heavy atom. The lowest BCUT2D eigenvalue weighted by atomic mass is 10.2. The second-order valence-corrected chi connectivity index (χ2v) is 3.79. The normalized spacial score (nSPS) is 12.4. The Morgan fingerprint density at radius 3 is 3.00 bits per heavy atom. The lowest BCUT2D eigenvalue weighted by Crippen LogP contribution is -2.07. The van der Waals surface area contributed by atoms with Crippen LogP contribution in [0.3, 0.4) is 0 Å². The molecule has 0 aliphatic carbocycles. The number of thiophene rings is 1. The minimum Gasteiger partial charge on any atom is -0.376 e. The van der Waals surface area contributed by atoms with Gasteiger partial charge >= 0.3 is 0 Å². The zero-order valence-electron chi connectivity index (χ0n) is 7.84. The Kier molecular flexibility index (Phi) is 2.74. The van der Waals surface area contributed by atoms with Gasteiger partial charge in [-0.1, -0.05) is 0 Å². The summed E-state index contributed by atoms with van der Waals surface area (Å²) in [4.78, 5) is 8.27. The highest BCUT2D eigenvalue weighted by molar-refractivity contribution is 7.08. The zero-order chi connectivity index (χ0) is 9.80. The largest absolute Gasteiger partial charge is 0.376 e. The lowest BCUT2D eigenvalue weighted by Gasteiger charge is -2.12. The van der Waals surface area contributed by atoms with Crippen molar-refractivity contribution in [2.45, 2.75) is 13.0 Å². The molecule has 0 bridgehead atoms. The van der Waals surface area contributed by atoms with Gasteiger partial charge in [0.1, 0.15) is 0 Å². The molecule has 0 saturated heterocycles. The third kappa shape index (κ3) is 2.09. The number of anilines is 1. The predicted octanol–water partition coefficient (Wildman–Crippen LogP) is 2.71. The van der Waals surface area contributed by atoms with Crippen molar-refractivity contribution in [2.24, 2.45) is 0 Å². The molecule has 0 amide bonds. The van der Waals surface area contributed by atoms with E-state index in [4.69, 9.17) is 0 Å². The molecular formula is C10H11N3S. The first-order valence-electron chi connectivity index (χ1n) is 4.41. The first-order valence-corrected chi connectivity index (χ1v) is 5.35. The number of rotatable bonds is 3. The fourth-order valence-corrected chi connectivity index (χ4v) is 1.80. The number of hydrogen-bond donors (Lipinski definition) is 1. The van der Waals surface area contributed by atoms with E-state index in [1.54, 1.807) is 29.9 Å². The minimum absolute atomic E-state index is 0.193. The van der Waals surface area contributed by atoms with Gasteiger partial charge in [0.15, 0.2) is 0 Å². The summed E-state index contributed by atoms with van der Waals surface area (Å²) < 4.78 is 0. The van der Waals surface area contributed by atoms with E-state index in [0.29, 0.717) is 0 Å². The van der Waals surface area contributed by atoms with Crippen LogP contribution >= 0.6 is 11.3 Å². The molecule has 1 N–H and O–H groups in total. The molecule has 0 spiro atoms. The van der Waals surface area contributed by atoms with E-state index in [0.717, 1.165) is 11.4 Å². The van der Waals surface area contributed by atoms with Crippen molar-refractivity contribution in [2.75, 3.05) is 5.32 Å². The summed E-state index contributed by atoms with van der Waals surface area (Å²) in [5, 5.41) is 7.47. The quantitative estimate of drug-likeness (QED) is 0.837. The van der Waals surface area contributed by atoms with Gasteiger partial charge in [-0.15, -0.1) is 0 Å². The Morgan fingerprint density at radius 1 is 1.43 bits per heavy atom. The second-order valence-electron chi connectivity index (χ2n) is 3.01. The third-order valence-corrected chi connectivity index (χ3v) is 2.61. The molecule has 3 nitrogen and oxygen atoms in total. The molecular weight excluding hydrogens is 194 g/mol. The van der Waals surface area contributed by atoms with Gasteiger partial charge in [0.2, 0.25) is 0 Å². The van der Waals surface area contributed by atoms with Crippen LogP contribution in [0.5, 0.6) is 0 Å². The van der Waals surface area contributed by atoms with Gasteiger partial charge in [-0.2, -0.15) is 11.3 Å². The monoisotopic (exact) mass is 205 g/mol. The molecule has 1 atom stereocenters. The van der Waals surface area contributed by atoms with E-state index in [1.165, 1.54) is 0 Å². The van der Waals surface area contributed by atoms with Gasteiger partial charge < -0.3 is 5.32 Å². The second kappa shape index (κ2) is 4.19. The third-order valence-electron chi connectivity index (χ3n) is 1.93. The fraction of sp³-hybridized carbons (Fsp3) is 0.200. The van der Waals surface area contributed by atoms with Crippen LogP contribution in [0.15, 0.2) is 35.4 Å². The topological polar surface area (TPSA) is 37.8 Å². The molecule has 2 aromatic rings. The van der Waals surface area contributed by atoms with Crippen LogP contribution in [0.1, 0.15) is 18.7 Å². The van der Waals surface area contributed by atoms with Crippen molar-refractivity contribution in [3.63, 3.8) is 0 Å². The van der Waals surface area contributed by atoms with Crippen molar-refractivity contribution in [3.05, 3.63) is 41.1 Å². The molecule has 0 aliphatic rings. The van der Waals surface area contributed by atoms with Crippen LogP contribution in [0.25, 0.3) is 0 Å². The Bertz CT molecular complexity index is 372. The smallest absolute Gasteiger partial charge is 0.0806 e. The zero-order valence-corrected chi connectivity index (χ0v) is 8.66. The van der Waals surface area contributed by atoms with Crippen LogP contribution in [-0.2, 0) is 0 Å². The van der Waals surface area contributed by atoms with Crippen LogP contribution in [-0.4, -0.2) is 9.97 Å². The maximum Gasteiger partial charge on any atom is 0.0806 e. The highest BCUT2D eigenvalue weighted by Gasteiger charge is 2.05. The number of aromatic nitrogens is 2. The van der Waals surface area contributed by atoms with Gasteiger partial charge in [0.05, 0.1) is 17.9 Å². The maximum atomic E-state index is 4.24. The SMILES string of the molecule is CC(Nc1ccsc1)c1cnccn1. The molecule has 0 saturated carbocycles. The van der Waals surface area contributed by atoms with E-state index in [9.17, 15) is 0 Å². The number of nitrogens with one attached hydrogen (secondary N) is 1. The Hall–Kier alpha value is -1.42. The molecule has 72 valence electrons. The molecule has 2 rings (SSSR count). The highest BCUT2D eigenvalue weighted by atomic mass is 32.1.